The van der Waals surface area contributed by atoms with Crippen LogP contribution in [-0.2, 0) is 16.1 Å². The fourth-order valence-electron chi connectivity index (χ4n) is 3.10. The predicted molar refractivity (Wildman–Crippen MR) is 107 cm³/mol. The smallest absolute Gasteiger partial charge is 0.268 e. The molecule has 1 aliphatic heterocycles. The Morgan fingerprint density at radius 3 is 2.43 bits per heavy atom. The van der Waals surface area contributed by atoms with Gasteiger partial charge in [-0.25, -0.2) is 0 Å². The number of amides is 1. The molecule has 2 aromatic carbocycles. The van der Waals surface area contributed by atoms with Crippen molar-refractivity contribution in [1.82, 2.24) is 0 Å². The molecule has 7 heteroatoms. The molecular formula is C21H24N2O5. The van der Waals surface area contributed by atoms with Gasteiger partial charge in [-0.05, 0) is 30.2 Å². The third kappa shape index (κ3) is 3.88. The zero-order valence-corrected chi connectivity index (χ0v) is 16.4. The Hall–Kier alpha value is -3.22. The summed E-state index contributed by atoms with van der Waals surface area (Å²) in [6, 6.07) is 11.3. The zero-order chi connectivity index (χ0) is 20.1. The number of hydrogen-bond donors (Lipinski definition) is 1. The van der Waals surface area contributed by atoms with Crippen LogP contribution < -0.4 is 19.5 Å². The highest BCUT2D eigenvalue weighted by molar-refractivity contribution is 6.06. The second-order valence-electron chi connectivity index (χ2n) is 6.25. The van der Waals surface area contributed by atoms with Crippen molar-refractivity contribution in [2.45, 2.75) is 25.9 Å². The van der Waals surface area contributed by atoms with E-state index < -0.39 is 6.10 Å². The zero-order valence-electron chi connectivity index (χ0n) is 16.4. The molecule has 0 aromatic heterocycles. The van der Waals surface area contributed by atoms with Crippen LogP contribution in [0.1, 0.15) is 24.5 Å². The molecule has 148 valence electrons. The summed E-state index contributed by atoms with van der Waals surface area (Å²) >= 11 is 0. The molecule has 1 amide bonds. The first-order chi connectivity index (χ1) is 13.6. The second kappa shape index (κ2) is 8.65. The molecule has 28 heavy (non-hydrogen) atoms. The van der Waals surface area contributed by atoms with E-state index in [-0.39, 0.29) is 5.91 Å². The van der Waals surface area contributed by atoms with E-state index >= 15 is 0 Å². The third-order valence-corrected chi connectivity index (χ3v) is 4.62. The molecule has 0 spiro atoms. The minimum Gasteiger partial charge on any atom is -0.493 e. The number of ether oxygens (including phenoxy) is 3. The van der Waals surface area contributed by atoms with Gasteiger partial charge in [0.2, 0.25) is 11.9 Å². The van der Waals surface area contributed by atoms with Crippen LogP contribution in [0, 0.1) is 0 Å². The molecule has 7 nitrogen and oxygen atoms in total. The Bertz CT molecular complexity index is 869. The van der Waals surface area contributed by atoms with Gasteiger partial charge in [0.1, 0.15) is 0 Å². The van der Waals surface area contributed by atoms with Crippen molar-refractivity contribution < 1.29 is 23.8 Å². The number of aryl methyl sites for hydroxylation is 1. The Balaban J connectivity index is 1.75. The lowest BCUT2D eigenvalue weighted by atomic mass is 10.0. The maximum atomic E-state index is 12.6. The maximum Gasteiger partial charge on any atom is 0.268 e. The molecule has 0 aliphatic carbocycles. The van der Waals surface area contributed by atoms with Crippen molar-refractivity contribution in [3.63, 3.8) is 0 Å². The summed E-state index contributed by atoms with van der Waals surface area (Å²) in [5.41, 5.74) is 3.25. The topological polar surface area (TPSA) is 78.4 Å². The number of anilines is 1. The largest absolute Gasteiger partial charge is 0.493 e. The lowest BCUT2D eigenvalue weighted by Gasteiger charge is -2.14. The number of hydrogen-bond acceptors (Lipinski definition) is 6. The second-order valence-corrected chi connectivity index (χ2v) is 6.25. The number of nitrogens with zero attached hydrogens (tertiary/aromatic N) is 1. The minimum absolute atomic E-state index is 0.230. The number of rotatable bonds is 7. The SMILES string of the molecule is CCc1ccccc1NC(=O)[C@@H]1CC(c2cc(OC)c(OC)c(OC)c2)=NO1. The molecule has 0 saturated heterocycles. The molecule has 0 unspecified atom stereocenters. The van der Waals surface area contributed by atoms with Crippen LogP contribution in [0.2, 0.25) is 0 Å². The molecule has 0 fully saturated rings. The Morgan fingerprint density at radius 2 is 1.82 bits per heavy atom. The molecule has 0 bridgehead atoms. The van der Waals surface area contributed by atoms with Gasteiger partial charge in [0.05, 0.1) is 27.0 Å². The van der Waals surface area contributed by atoms with Gasteiger partial charge in [0.15, 0.2) is 11.5 Å². The van der Waals surface area contributed by atoms with Crippen molar-refractivity contribution in [3.05, 3.63) is 47.5 Å². The van der Waals surface area contributed by atoms with Gasteiger partial charge in [-0.3, -0.25) is 4.79 Å². The van der Waals surface area contributed by atoms with Gasteiger partial charge < -0.3 is 24.4 Å². The molecule has 3 rings (SSSR count). The minimum atomic E-state index is -0.695. The number of nitrogens with one attached hydrogen (secondary N) is 1. The fraction of sp³-hybridized carbons (Fsp3) is 0.333. The van der Waals surface area contributed by atoms with Crippen LogP contribution >= 0.6 is 0 Å². The van der Waals surface area contributed by atoms with Gasteiger partial charge in [-0.15, -0.1) is 0 Å². The van der Waals surface area contributed by atoms with E-state index in [1.54, 1.807) is 33.5 Å². The Morgan fingerprint density at radius 1 is 1.14 bits per heavy atom. The molecule has 1 atom stereocenters. The van der Waals surface area contributed by atoms with Crippen LogP contribution in [0.5, 0.6) is 17.2 Å². The summed E-state index contributed by atoms with van der Waals surface area (Å²) < 4.78 is 16.1. The number of methoxy groups -OCH3 is 3. The van der Waals surface area contributed by atoms with Crippen molar-refractivity contribution in [2.75, 3.05) is 26.6 Å². The number of oxime groups is 1. The maximum absolute atomic E-state index is 12.6. The van der Waals surface area contributed by atoms with E-state index in [1.165, 1.54) is 0 Å². The first kappa shape index (κ1) is 19.5. The number of benzene rings is 2. The fourth-order valence-corrected chi connectivity index (χ4v) is 3.10. The van der Waals surface area contributed by atoms with Crippen molar-refractivity contribution in [3.8, 4) is 17.2 Å². The van der Waals surface area contributed by atoms with Crippen molar-refractivity contribution in [2.24, 2.45) is 5.16 Å². The summed E-state index contributed by atoms with van der Waals surface area (Å²) in [5.74, 6) is 1.31. The lowest BCUT2D eigenvalue weighted by molar-refractivity contribution is -0.125. The van der Waals surface area contributed by atoms with Gasteiger partial charge in [0.25, 0.3) is 5.91 Å². The van der Waals surface area contributed by atoms with Crippen LogP contribution in [0.3, 0.4) is 0 Å². The van der Waals surface area contributed by atoms with E-state index in [2.05, 4.69) is 10.5 Å². The van der Waals surface area contributed by atoms with E-state index in [9.17, 15) is 4.79 Å². The summed E-state index contributed by atoms with van der Waals surface area (Å²) in [5, 5.41) is 7.03. The highest BCUT2D eigenvalue weighted by Crippen LogP contribution is 2.39. The predicted octanol–water partition coefficient (Wildman–Crippen LogP) is 3.41. The Labute approximate surface area is 164 Å². The van der Waals surface area contributed by atoms with Gasteiger partial charge in [-0.2, -0.15) is 0 Å². The number of carbonyl (C=O) groups excluding carboxylic acids is 1. The quantitative estimate of drug-likeness (QED) is 0.792. The van der Waals surface area contributed by atoms with E-state index in [1.807, 2.05) is 31.2 Å². The third-order valence-electron chi connectivity index (χ3n) is 4.62. The number of carbonyl (C=O) groups is 1. The molecule has 0 saturated carbocycles. The van der Waals surface area contributed by atoms with Gasteiger partial charge in [-0.1, -0.05) is 30.3 Å². The van der Waals surface area contributed by atoms with E-state index in [4.69, 9.17) is 19.0 Å². The summed E-state index contributed by atoms with van der Waals surface area (Å²) in [4.78, 5) is 18.0. The standard InChI is InChI=1S/C21H24N2O5/c1-5-13-8-6-7-9-15(13)22-21(24)19-12-16(23-28-19)14-10-17(25-2)20(27-4)18(11-14)26-3/h6-11,19H,5,12H2,1-4H3,(H,22,24)/t19-/m0/s1. The highest BCUT2D eigenvalue weighted by Gasteiger charge is 2.30. The van der Waals surface area contributed by atoms with Crippen LogP contribution in [0.25, 0.3) is 0 Å². The average molecular weight is 384 g/mol. The molecule has 1 heterocycles. The van der Waals surface area contributed by atoms with Gasteiger partial charge >= 0.3 is 0 Å². The van der Waals surface area contributed by atoms with Crippen LogP contribution in [0.15, 0.2) is 41.6 Å². The first-order valence-electron chi connectivity index (χ1n) is 9.03. The first-order valence-corrected chi connectivity index (χ1v) is 9.03. The molecule has 1 aliphatic rings. The molecule has 0 radical (unpaired) electrons. The van der Waals surface area contributed by atoms with Crippen LogP contribution in [-0.4, -0.2) is 39.1 Å². The summed E-state index contributed by atoms with van der Waals surface area (Å²) in [7, 11) is 4.65. The van der Waals surface area contributed by atoms with Gasteiger partial charge in [0, 0.05) is 17.7 Å². The summed E-state index contributed by atoms with van der Waals surface area (Å²) in [6.07, 6.45) is 0.479. The lowest BCUT2D eigenvalue weighted by Crippen LogP contribution is -2.28. The molecule has 1 N–H and O–H groups in total. The van der Waals surface area contributed by atoms with Crippen LogP contribution in [0.4, 0.5) is 5.69 Å². The van der Waals surface area contributed by atoms with Crippen molar-refractivity contribution in [1.29, 1.82) is 0 Å². The van der Waals surface area contributed by atoms with E-state index in [0.29, 0.717) is 29.4 Å². The van der Waals surface area contributed by atoms with Crippen molar-refractivity contribution >= 4 is 17.3 Å². The number of para-hydroxylation sites is 1. The molecule has 2 aromatic rings. The molecular weight excluding hydrogens is 360 g/mol. The average Bonchev–Trinajstić information content (AvgIpc) is 3.23. The Kier molecular flexibility index (Phi) is 6.03. The monoisotopic (exact) mass is 384 g/mol. The van der Waals surface area contributed by atoms with E-state index in [0.717, 1.165) is 23.2 Å². The highest BCUT2D eigenvalue weighted by atomic mass is 16.6. The summed E-state index contributed by atoms with van der Waals surface area (Å²) in [6.45, 7) is 2.04. The normalized spacial score (nSPS) is 15.4.